The van der Waals surface area contributed by atoms with Crippen molar-refractivity contribution >= 4 is 17.8 Å². The summed E-state index contributed by atoms with van der Waals surface area (Å²) in [5.41, 5.74) is 0.433. The lowest BCUT2D eigenvalue weighted by Gasteiger charge is -2.48. The van der Waals surface area contributed by atoms with Crippen molar-refractivity contribution in [3.63, 3.8) is 0 Å². The number of amides is 3. The molecule has 2 fully saturated rings. The zero-order valence-electron chi connectivity index (χ0n) is 28.6. The van der Waals surface area contributed by atoms with Crippen LogP contribution in [0.4, 0.5) is 24.1 Å². The molecule has 0 saturated carbocycles. The third kappa shape index (κ3) is 9.55. The second-order valence-electron chi connectivity index (χ2n) is 11.4. The summed E-state index contributed by atoms with van der Waals surface area (Å²) in [5.74, 6) is -2.64. The summed E-state index contributed by atoms with van der Waals surface area (Å²) in [4.78, 5) is 28.0. The number of anilines is 1. The predicted molar refractivity (Wildman–Crippen MR) is 176 cm³/mol. The predicted octanol–water partition coefficient (Wildman–Crippen LogP) is 8.64. The molecule has 2 aromatic carbocycles. The molecule has 3 aliphatic rings. The number of nitrogens with zero attached hydrogens (tertiary/aromatic N) is 2. The van der Waals surface area contributed by atoms with Crippen molar-refractivity contribution in [1.82, 2.24) is 9.80 Å². The highest BCUT2D eigenvalue weighted by Gasteiger charge is 2.59. The van der Waals surface area contributed by atoms with Gasteiger partial charge < -0.3 is 29.3 Å². The van der Waals surface area contributed by atoms with Crippen LogP contribution in [0, 0.1) is 0 Å². The smallest absolute Gasteiger partial charge is 0.410 e. The average molecular weight is 634 g/mol. The van der Waals surface area contributed by atoms with Gasteiger partial charge in [0.2, 0.25) is 0 Å². The number of rotatable bonds is 2. The molecule has 0 radical (unpaired) electrons. The summed E-state index contributed by atoms with van der Waals surface area (Å²) >= 11 is 0. The van der Waals surface area contributed by atoms with Crippen molar-refractivity contribution in [2.24, 2.45) is 0 Å². The number of carbonyl (C=O) groups is 2. The van der Waals surface area contributed by atoms with E-state index in [2.05, 4.69) is 5.32 Å². The van der Waals surface area contributed by atoms with Gasteiger partial charge in [0.25, 0.3) is 5.92 Å². The maximum atomic E-state index is 15.6. The van der Waals surface area contributed by atoms with E-state index in [-0.39, 0.29) is 32.0 Å². The molecule has 2 saturated heterocycles. The Bertz CT molecular complexity index is 1220. The Morgan fingerprint density at radius 3 is 1.93 bits per heavy atom. The topological polar surface area (TPSA) is 80.3 Å². The van der Waals surface area contributed by atoms with E-state index in [0.29, 0.717) is 43.3 Å². The summed E-state index contributed by atoms with van der Waals surface area (Å²) in [6.07, 6.45) is -0.875. The zero-order valence-corrected chi connectivity index (χ0v) is 28.6. The van der Waals surface area contributed by atoms with Crippen LogP contribution in [0.3, 0.4) is 0 Å². The molecule has 10 heteroatoms. The summed E-state index contributed by atoms with van der Waals surface area (Å²) in [6, 6.07) is 12.5. The van der Waals surface area contributed by atoms with E-state index in [4.69, 9.17) is 14.2 Å². The van der Waals surface area contributed by atoms with Crippen LogP contribution in [0.5, 0.6) is 5.75 Å². The largest absolute Gasteiger partial charge is 0.481 e. The Kier molecular flexibility index (Phi) is 14.1. The molecular formula is C35H53F2N3O5. The lowest BCUT2D eigenvalue weighted by Crippen LogP contribution is -2.62. The van der Waals surface area contributed by atoms with Crippen molar-refractivity contribution < 1.29 is 32.6 Å². The molecule has 3 amide bonds. The highest BCUT2D eigenvalue weighted by atomic mass is 19.3. The lowest BCUT2D eigenvalue weighted by atomic mass is 9.79. The molecule has 3 aliphatic heterocycles. The van der Waals surface area contributed by atoms with Crippen molar-refractivity contribution in [3.05, 3.63) is 48.0 Å². The van der Waals surface area contributed by atoms with Gasteiger partial charge in [0.15, 0.2) is 5.60 Å². The van der Waals surface area contributed by atoms with Gasteiger partial charge in [0.1, 0.15) is 11.4 Å². The van der Waals surface area contributed by atoms with Crippen LogP contribution in [0.2, 0.25) is 0 Å². The fourth-order valence-electron chi connectivity index (χ4n) is 5.24. The lowest BCUT2D eigenvalue weighted by molar-refractivity contribution is -0.194. The Morgan fingerprint density at radius 2 is 1.38 bits per heavy atom. The fraction of sp³-hybridized carbons (Fsp3) is 0.600. The highest BCUT2D eigenvalue weighted by Crippen LogP contribution is 2.49. The van der Waals surface area contributed by atoms with E-state index in [1.54, 1.807) is 49.9 Å². The monoisotopic (exact) mass is 633 g/mol. The Balaban J connectivity index is 0.00000111. The summed E-state index contributed by atoms with van der Waals surface area (Å²) < 4.78 is 47.9. The van der Waals surface area contributed by atoms with Gasteiger partial charge in [-0.25, -0.2) is 18.4 Å². The first kappa shape index (κ1) is 37.8. The quantitative estimate of drug-likeness (QED) is 0.358. The third-order valence-electron chi connectivity index (χ3n) is 7.44. The van der Waals surface area contributed by atoms with Crippen LogP contribution in [-0.4, -0.2) is 78.4 Å². The molecule has 5 rings (SSSR count). The summed E-state index contributed by atoms with van der Waals surface area (Å²) in [6.45, 7) is 19.8. The molecule has 0 aliphatic carbocycles. The van der Waals surface area contributed by atoms with Crippen molar-refractivity contribution in [3.8, 4) is 16.9 Å². The molecule has 0 unspecified atom stereocenters. The normalized spacial score (nSPS) is 17.8. The van der Waals surface area contributed by atoms with Gasteiger partial charge in [-0.2, -0.15) is 0 Å². The number of urea groups is 1. The minimum atomic E-state index is -3.09. The Labute approximate surface area is 268 Å². The van der Waals surface area contributed by atoms with E-state index in [1.807, 2.05) is 59.7 Å². The SMILES string of the molecule is CC.CC.CC.CC(C)(C)OC(=O)N1CCC2(CC1)Oc1ccc(-c3ccc(NC(=O)N4CCOCC4)cc3)cc1CC2(F)F. The molecule has 3 heterocycles. The molecule has 252 valence electrons. The van der Waals surface area contributed by atoms with Gasteiger partial charge in [-0.15, -0.1) is 0 Å². The number of alkyl halides is 2. The zero-order chi connectivity index (χ0) is 33.8. The van der Waals surface area contributed by atoms with Crippen molar-refractivity contribution in [2.75, 3.05) is 44.7 Å². The summed E-state index contributed by atoms with van der Waals surface area (Å²) in [5, 5.41) is 2.88. The van der Waals surface area contributed by atoms with Crippen LogP contribution in [0.15, 0.2) is 42.5 Å². The minimum absolute atomic E-state index is 0.0259. The second kappa shape index (κ2) is 16.8. The number of piperidine rings is 1. The van der Waals surface area contributed by atoms with Crippen molar-refractivity contribution in [1.29, 1.82) is 0 Å². The van der Waals surface area contributed by atoms with Crippen LogP contribution in [0.25, 0.3) is 11.1 Å². The fourth-order valence-corrected chi connectivity index (χ4v) is 5.24. The Hall–Kier alpha value is -3.40. The molecule has 0 bridgehead atoms. The highest BCUT2D eigenvalue weighted by molar-refractivity contribution is 5.89. The molecule has 0 atom stereocenters. The van der Waals surface area contributed by atoms with Gasteiger partial charge in [0, 0.05) is 56.7 Å². The number of halogens is 2. The molecule has 1 N–H and O–H groups in total. The van der Waals surface area contributed by atoms with Gasteiger partial charge in [0.05, 0.1) is 13.2 Å². The molecule has 1 spiro atoms. The van der Waals surface area contributed by atoms with E-state index in [1.165, 1.54) is 4.90 Å². The number of fused-ring (bicyclic) bond motifs is 1. The third-order valence-corrected chi connectivity index (χ3v) is 7.44. The summed E-state index contributed by atoms with van der Waals surface area (Å²) in [7, 11) is 0. The van der Waals surface area contributed by atoms with E-state index in [0.717, 1.165) is 11.1 Å². The van der Waals surface area contributed by atoms with Gasteiger partial charge in [-0.3, -0.25) is 0 Å². The number of ether oxygens (including phenoxy) is 3. The van der Waals surface area contributed by atoms with E-state index < -0.39 is 29.6 Å². The number of hydrogen-bond donors (Lipinski definition) is 1. The minimum Gasteiger partial charge on any atom is -0.481 e. The van der Waals surface area contributed by atoms with Crippen LogP contribution in [-0.2, 0) is 15.9 Å². The van der Waals surface area contributed by atoms with Crippen LogP contribution < -0.4 is 10.1 Å². The van der Waals surface area contributed by atoms with Crippen LogP contribution in [0.1, 0.15) is 80.7 Å². The first-order valence-corrected chi connectivity index (χ1v) is 16.4. The number of likely N-dealkylation sites (tertiary alicyclic amines) is 1. The first-order valence-electron chi connectivity index (χ1n) is 16.4. The molecule has 8 nitrogen and oxygen atoms in total. The Morgan fingerprint density at radius 1 is 0.822 bits per heavy atom. The maximum Gasteiger partial charge on any atom is 0.410 e. The first-order chi connectivity index (χ1) is 21.4. The number of morpholine rings is 1. The van der Waals surface area contributed by atoms with Gasteiger partial charge in [-0.05, 0) is 56.2 Å². The van der Waals surface area contributed by atoms with Gasteiger partial charge >= 0.3 is 12.1 Å². The number of carbonyl (C=O) groups excluding carboxylic acids is 2. The molecule has 0 aromatic heterocycles. The molecular weight excluding hydrogens is 580 g/mol. The molecule has 45 heavy (non-hydrogen) atoms. The second-order valence-corrected chi connectivity index (χ2v) is 11.4. The van der Waals surface area contributed by atoms with Crippen molar-refractivity contribution in [2.45, 2.75) is 98.7 Å². The number of hydrogen-bond acceptors (Lipinski definition) is 5. The standard InChI is InChI=1S/C29H35F2N3O5.3C2H6/c1-27(2,3)39-26(36)34-12-10-28(11-13-34)29(30,31)19-22-18-21(6-9-24(22)38-28)20-4-7-23(8-5-20)32-25(35)33-14-16-37-17-15-33;3*1-2/h4-9,18H,10-17,19H2,1-3H3,(H,32,35);3*1-2H3. The van der Waals surface area contributed by atoms with Crippen LogP contribution >= 0.6 is 0 Å². The van der Waals surface area contributed by atoms with Gasteiger partial charge in [-0.1, -0.05) is 59.7 Å². The van der Waals surface area contributed by atoms with E-state index in [9.17, 15) is 9.59 Å². The molecule has 2 aromatic rings. The maximum absolute atomic E-state index is 15.6. The number of benzene rings is 2. The average Bonchev–Trinajstić information content (AvgIpc) is 3.04. The number of nitrogens with one attached hydrogen (secondary N) is 1. The van der Waals surface area contributed by atoms with E-state index >= 15 is 8.78 Å².